The Bertz CT molecular complexity index is 631. The number of carbonyl (C=O) groups is 5. The summed E-state index contributed by atoms with van der Waals surface area (Å²) < 4.78 is 0. The summed E-state index contributed by atoms with van der Waals surface area (Å²) in [7, 11) is 0. The van der Waals surface area contributed by atoms with Crippen molar-refractivity contribution in [3.8, 4) is 0 Å². The van der Waals surface area contributed by atoms with Gasteiger partial charge in [0, 0.05) is 0 Å². The van der Waals surface area contributed by atoms with E-state index >= 15 is 0 Å². The molecule has 0 bridgehead atoms. The first kappa shape index (κ1) is 27.6. The number of carboxylic acid groups (broad SMARTS) is 2. The molecule has 0 fully saturated rings. The fourth-order valence-electron chi connectivity index (χ4n) is 2.27. The van der Waals surface area contributed by atoms with Crippen LogP contribution in [0, 0.1) is 5.92 Å². The molecule has 0 spiro atoms. The molecular formula is C17H30N4O8S. The summed E-state index contributed by atoms with van der Waals surface area (Å²) in [5, 5.41) is 34.1. The zero-order chi connectivity index (χ0) is 23.4. The van der Waals surface area contributed by atoms with Gasteiger partial charge in [0.15, 0.2) is 0 Å². The van der Waals surface area contributed by atoms with Crippen LogP contribution < -0.4 is 21.7 Å². The van der Waals surface area contributed by atoms with E-state index in [4.69, 9.17) is 15.9 Å². The SMILES string of the molecule is CSCCC(N)C(=O)NC(CC(=O)O)C(=O)NC(CO)C(=O)NC(C(=O)O)C(C)C. The van der Waals surface area contributed by atoms with Crippen molar-refractivity contribution in [3.05, 3.63) is 0 Å². The second-order valence-corrected chi connectivity index (χ2v) is 7.84. The monoisotopic (exact) mass is 450 g/mol. The van der Waals surface area contributed by atoms with E-state index in [2.05, 4.69) is 16.0 Å². The number of aliphatic hydroxyl groups is 1. The van der Waals surface area contributed by atoms with Crippen LogP contribution in [-0.2, 0) is 24.0 Å². The Kier molecular flexibility index (Phi) is 12.7. The number of carboxylic acids is 2. The summed E-state index contributed by atoms with van der Waals surface area (Å²) in [5.74, 6) is -5.31. The van der Waals surface area contributed by atoms with Gasteiger partial charge in [0.1, 0.15) is 18.1 Å². The first-order valence-corrected chi connectivity index (χ1v) is 10.5. The van der Waals surface area contributed by atoms with Crippen LogP contribution in [0.2, 0.25) is 0 Å². The minimum absolute atomic E-state index is 0.307. The van der Waals surface area contributed by atoms with Crippen LogP contribution in [0.15, 0.2) is 0 Å². The van der Waals surface area contributed by atoms with Gasteiger partial charge in [0.05, 0.1) is 19.1 Å². The third-order valence-corrected chi connectivity index (χ3v) is 4.67. The predicted octanol–water partition coefficient (Wildman–Crippen LogP) is -2.27. The Labute approximate surface area is 178 Å². The lowest BCUT2D eigenvalue weighted by Crippen LogP contribution is -2.58. The average Bonchev–Trinajstić information content (AvgIpc) is 2.66. The Morgan fingerprint density at radius 2 is 1.47 bits per heavy atom. The number of nitrogens with two attached hydrogens (primary N) is 1. The van der Waals surface area contributed by atoms with Gasteiger partial charge in [0.25, 0.3) is 0 Å². The van der Waals surface area contributed by atoms with Gasteiger partial charge in [-0.3, -0.25) is 19.2 Å². The molecule has 4 atom stereocenters. The van der Waals surface area contributed by atoms with Crippen molar-refractivity contribution < 1.29 is 39.3 Å². The van der Waals surface area contributed by atoms with Gasteiger partial charge in [0.2, 0.25) is 17.7 Å². The van der Waals surface area contributed by atoms with Crippen molar-refractivity contribution in [1.82, 2.24) is 16.0 Å². The van der Waals surface area contributed by atoms with Crippen LogP contribution in [-0.4, -0.2) is 87.8 Å². The summed E-state index contributed by atoms with van der Waals surface area (Å²) >= 11 is 1.46. The molecule has 0 aliphatic rings. The molecule has 0 saturated carbocycles. The fourth-order valence-corrected chi connectivity index (χ4v) is 2.76. The maximum atomic E-state index is 12.4. The van der Waals surface area contributed by atoms with Gasteiger partial charge in [-0.25, -0.2) is 4.79 Å². The lowest BCUT2D eigenvalue weighted by Gasteiger charge is -2.24. The van der Waals surface area contributed by atoms with Crippen LogP contribution in [0.4, 0.5) is 0 Å². The molecule has 3 amide bonds. The zero-order valence-corrected chi connectivity index (χ0v) is 17.9. The lowest BCUT2D eigenvalue weighted by atomic mass is 10.0. The molecule has 0 aliphatic heterocycles. The second-order valence-electron chi connectivity index (χ2n) is 6.86. The maximum Gasteiger partial charge on any atom is 0.326 e. The molecule has 0 saturated heterocycles. The molecular weight excluding hydrogens is 420 g/mol. The largest absolute Gasteiger partial charge is 0.481 e. The van der Waals surface area contributed by atoms with Gasteiger partial charge in [-0.2, -0.15) is 11.8 Å². The topological polar surface area (TPSA) is 208 Å². The van der Waals surface area contributed by atoms with Gasteiger partial charge in [-0.1, -0.05) is 13.8 Å². The van der Waals surface area contributed by atoms with Crippen LogP contribution in [0.25, 0.3) is 0 Å². The fraction of sp³-hybridized carbons (Fsp3) is 0.706. The Hall–Kier alpha value is -2.38. The highest BCUT2D eigenvalue weighted by molar-refractivity contribution is 7.98. The molecule has 0 aromatic heterocycles. The molecule has 13 heteroatoms. The van der Waals surface area contributed by atoms with Crippen LogP contribution in [0.1, 0.15) is 26.7 Å². The summed E-state index contributed by atoms with van der Waals surface area (Å²) in [5.41, 5.74) is 5.71. The smallest absolute Gasteiger partial charge is 0.326 e. The van der Waals surface area contributed by atoms with Crippen LogP contribution in [0.5, 0.6) is 0 Å². The van der Waals surface area contributed by atoms with E-state index < -0.39 is 72.8 Å². The zero-order valence-electron chi connectivity index (χ0n) is 17.1. The van der Waals surface area contributed by atoms with Gasteiger partial charge in [-0.15, -0.1) is 0 Å². The third kappa shape index (κ3) is 9.89. The number of hydrogen-bond donors (Lipinski definition) is 7. The molecule has 4 unspecified atom stereocenters. The minimum Gasteiger partial charge on any atom is -0.481 e. The molecule has 0 heterocycles. The normalized spacial score (nSPS) is 14.9. The molecule has 0 aromatic carbocycles. The minimum atomic E-state index is -1.54. The van der Waals surface area contributed by atoms with Crippen molar-refractivity contribution in [2.45, 2.75) is 50.9 Å². The second kappa shape index (κ2) is 13.8. The van der Waals surface area contributed by atoms with Crippen molar-refractivity contribution >= 4 is 41.4 Å². The lowest BCUT2D eigenvalue weighted by molar-refractivity contribution is -0.144. The average molecular weight is 451 g/mol. The van der Waals surface area contributed by atoms with Crippen molar-refractivity contribution in [3.63, 3.8) is 0 Å². The molecule has 0 aliphatic carbocycles. The van der Waals surface area contributed by atoms with Gasteiger partial charge in [-0.05, 0) is 24.3 Å². The quantitative estimate of drug-likeness (QED) is 0.151. The molecule has 8 N–H and O–H groups in total. The highest BCUT2D eigenvalue weighted by atomic mass is 32.2. The molecule has 30 heavy (non-hydrogen) atoms. The van der Waals surface area contributed by atoms with Crippen LogP contribution in [0.3, 0.4) is 0 Å². The van der Waals surface area contributed by atoms with Crippen molar-refractivity contribution in [1.29, 1.82) is 0 Å². The number of carbonyl (C=O) groups excluding carboxylic acids is 3. The maximum absolute atomic E-state index is 12.4. The van der Waals surface area contributed by atoms with Gasteiger partial charge >= 0.3 is 11.9 Å². The van der Waals surface area contributed by atoms with Gasteiger partial charge < -0.3 is 37.0 Å². The molecule has 0 rings (SSSR count). The Balaban J connectivity index is 5.21. The van der Waals surface area contributed by atoms with E-state index in [-0.39, 0.29) is 0 Å². The molecule has 172 valence electrons. The number of amides is 3. The third-order valence-electron chi connectivity index (χ3n) is 4.03. The Morgan fingerprint density at radius 3 is 1.90 bits per heavy atom. The first-order valence-electron chi connectivity index (χ1n) is 9.15. The summed E-state index contributed by atoms with van der Waals surface area (Å²) in [4.78, 5) is 59.1. The van der Waals surface area contributed by atoms with E-state index in [9.17, 15) is 29.1 Å². The van der Waals surface area contributed by atoms with E-state index in [1.165, 1.54) is 11.8 Å². The number of aliphatic hydroxyl groups excluding tert-OH is 1. The standard InChI is InChI=1S/C17H30N4O8S/c1-8(2)13(17(28)29)21-16(27)11(7-22)20-15(26)10(6-12(23)24)19-14(25)9(18)4-5-30-3/h8-11,13,22H,4-7,18H2,1-3H3,(H,19,25)(H,20,26)(H,21,27)(H,23,24)(H,28,29). The molecule has 12 nitrogen and oxygen atoms in total. The van der Waals surface area contributed by atoms with Crippen molar-refractivity contribution in [2.75, 3.05) is 18.6 Å². The Morgan fingerprint density at radius 1 is 0.933 bits per heavy atom. The first-order chi connectivity index (χ1) is 13.9. The van der Waals surface area contributed by atoms with Crippen LogP contribution >= 0.6 is 11.8 Å². The van der Waals surface area contributed by atoms with E-state index in [1.54, 1.807) is 13.8 Å². The predicted molar refractivity (Wildman–Crippen MR) is 109 cm³/mol. The summed E-state index contributed by atoms with van der Waals surface area (Å²) in [6.07, 6.45) is 1.35. The number of nitrogens with one attached hydrogen (secondary N) is 3. The van der Waals surface area contributed by atoms with Crippen molar-refractivity contribution in [2.24, 2.45) is 11.7 Å². The summed E-state index contributed by atoms with van der Waals surface area (Å²) in [6.45, 7) is 2.25. The number of aliphatic carboxylic acids is 2. The number of rotatable bonds is 14. The molecule has 0 aromatic rings. The van der Waals surface area contributed by atoms with E-state index in [1.807, 2.05) is 6.26 Å². The summed E-state index contributed by atoms with van der Waals surface area (Å²) in [6, 6.07) is -5.30. The highest BCUT2D eigenvalue weighted by Gasteiger charge is 2.31. The molecule has 0 radical (unpaired) electrons. The number of thioether (sulfide) groups is 1. The number of hydrogen-bond acceptors (Lipinski definition) is 8. The van der Waals surface area contributed by atoms with E-state index in [0.717, 1.165) is 0 Å². The highest BCUT2D eigenvalue weighted by Crippen LogP contribution is 2.04. The van der Waals surface area contributed by atoms with E-state index in [0.29, 0.717) is 12.2 Å².